The highest BCUT2D eigenvalue weighted by Gasteiger charge is 2.17. The van der Waals surface area contributed by atoms with E-state index < -0.39 is 0 Å². The lowest BCUT2D eigenvalue weighted by molar-refractivity contribution is -0.122. The van der Waals surface area contributed by atoms with Gasteiger partial charge >= 0.3 is 0 Å². The SMILES string of the molecule is CC(NC(=O)CCC1CCCCO1)c1nn[nH]n1. The van der Waals surface area contributed by atoms with E-state index >= 15 is 0 Å². The van der Waals surface area contributed by atoms with E-state index in [1.807, 2.05) is 6.92 Å². The van der Waals surface area contributed by atoms with Crippen LogP contribution in [0.25, 0.3) is 0 Å². The molecule has 1 fully saturated rings. The van der Waals surface area contributed by atoms with E-state index in [4.69, 9.17) is 4.74 Å². The predicted octanol–water partition coefficient (Wildman–Crippen LogP) is 0.726. The average Bonchev–Trinajstić information content (AvgIpc) is 2.91. The van der Waals surface area contributed by atoms with Gasteiger partial charge in [-0.15, -0.1) is 10.2 Å². The minimum atomic E-state index is -0.219. The van der Waals surface area contributed by atoms with Crippen LogP contribution in [0, 0.1) is 0 Å². The van der Waals surface area contributed by atoms with E-state index in [2.05, 4.69) is 25.9 Å². The number of nitrogens with zero attached hydrogens (tertiary/aromatic N) is 3. The van der Waals surface area contributed by atoms with Crippen LogP contribution in [0.5, 0.6) is 0 Å². The zero-order chi connectivity index (χ0) is 12.8. The maximum Gasteiger partial charge on any atom is 0.220 e. The molecular formula is C11H19N5O2. The molecule has 2 heterocycles. The summed E-state index contributed by atoms with van der Waals surface area (Å²) in [5, 5.41) is 16.3. The van der Waals surface area contributed by atoms with E-state index in [1.165, 1.54) is 6.42 Å². The second-order valence-electron chi connectivity index (χ2n) is 4.59. The third kappa shape index (κ3) is 3.76. The molecule has 0 radical (unpaired) electrons. The number of carbonyl (C=O) groups excluding carboxylic acids is 1. The monoisotopic (exact) mass is 253 g/mol. The minimum absolute atomic E-state index is 0.00136. The smallest absolute Gasteiger partial charge is 0.220 e. The van der Waals surface area contributed by atoms with Crippen molar-refractivity contribution in [1.29, 1.82) is 0 Å². The number of aromatic nitrogens is 4. The summed E-state index contributed by atoms with van der Waals surface area (Å²) in [6.45, 7) is 2.66. The van der Waals surface area contributed by atoms with Gasteiger partial charge in [-0.05, 0) is 32.6 Å². The Morgan fingerprint density at radius 1 is 1.61 bits per heavy atom. The molecule has 0 aliphatic carbocycles. The van der Waals surface area contributed by atoms with Crippen LogP contribution >= 0.6 is 0 Å². The number of carbonyl (C=O) groups is 1. The van der Waals surface area contributed by atoms with E-state index in [1.54, 1.807) is 0 Å². The van der Waals surface area contributed by atoms with E-state index in [9.17, 15) is 4.79 Å². The molecule has 2 unspecified atom stereocenters. The summed E-state index contributed by atoms with van der Waals surface area (Å²) >= 11 is 0. The van der Waals surface area contributed by atoms with Crippen LogP contribution < -0.4 is 5.32 Å². The topological polar surface area (TPSA) is 92.8 Å². The van der Waals surface area contributed by atoms with Gasteiger partial charge in [0.05, 0.1) is 12.1 Å². The highest BCUT2D eigenvalue weighted by atomic mass is 16.5. The Kier molecular flexibility index (Phi) is 4.63. The van der Waals surface area contributed by atoms with Crippen molar-refractivity contribution >= 4 is 5.91 Å². The first-order valence-electron chi connectivity index (χ1n) is 6.40. The third-order valence-corrected chi connectivity index (χ3v) is 3.09. The molecule has 0 saturated carbocycles. The molecule has 1 saturated heterocycles. The van der Waals surface area contributed by atoms with Crippen molar-refractivity contribution in [3.8, 4) is 0 Å². The Labute approximate surface area is 106 Å². The number of aromatic amines is 1. The molecule has 1 amide bonds. The van der Waals surface area contributed by atoms with Crippen molar-refractivity contribution in [2.75, 3.05) is 6.61 Å². The summed E-state index contributed by atoms with van der Waals surface area (Å²) in [7, 11) is 0. The maximum atomic E-state index is 11.7. The lowest BCUT2D eigenvalue weighted by Gasteiger charge is -2.22. The van der Waals surface area contributed by atoms with Gasteiger partial charge in [0.15, 0.2) is 5.82 Å². The molecule has 7 heteroatoms. The Bertz CT molecular complexity index is 362. The van der Waals surface area contributed by atoms with E-state index in [0.29, 0.717) is 12.2 Å². The van der Waals surface area contributed by atoms with Gasteiger partial charge in [-0.3, -0.25) is 4.79 Å². The number of amides is 1. The Morgan fingerprint density at radius 2 is 2.50 bits per heavy atom. The molecule has 2 N–H and O–H groups in total. The lowest BCUT2D eigenvalue weighted by Crippen LogP contribution is -2.29. The number of rotatable bonds is 5. The number of hydrogen-bond donors (Lipinski definition) is 2. The fourth-order valence-corrected chi connectivity index (χ4v) is 2.06. The number of ether oxygens (including phenoxy) is 1. The highest BCUT2D eigenvalue weighted by molar-refractivity contribution is 5.76. The highest BCUT2D eigenvalue weighted by Crippen LogP contribution is 2.17. The van der Waals surface area contributed by atoms with E-state index in [-0.39, 0.29) is 18.1 Å². The van der Waals surface area contributed by atoms with Crippen molar-refractivity contribution in [1.82, 2.24) is 25.9 Å². The predicted molar refractivity (Wildman–Crippen MR) is 63.6 cm³/mol. The first kappa shape index (κ1) is 12.9. The summed E-state index contributed by atoms with van der Waals surface area (Å²) in [6.07, 6.45) is 4.90. The van der Waals surface area contributed by atoms with Gasteiger partial charge in [0, 0.05) is 13.0 Å². The van der Waals surface area contributed by atoms with Crippen LogP contribution in [-0.2, 0) is 9.53 Å². The molecule has 0 bridgehead atoms. The van der Waals surface area contributed by atoms with Crippen LogP contribution in [0.1, 0.15) is 50.9 Å². The van der Waals surface area contributed by atoms with Gasteiger partial charge in [-0.2, -0.15) is 5.21 Å². The Hall–Kier alpha value is -1.50. The molecule has 1 aliphatic rings. The Balaban J connectivity index is 1.68. The quantitative estimate of drug-likeness (QED) is 0.806. The van der Waals surface area contributed by atoms with Crippen LogP contribution in [0.3, 0.4) is 0 Å². The molecule has 1 aromatic rings. The number of nitrogens with one attached hydrogen (secondary N) is 2. The normalized spacial score (nSPS) is 21.5. The molecule has 2 atom stereocenters. The Morgan fingerprint density at radius 3 is 3.17 bits per heavy atom. The molecule has 7 nitrogen and oxygen atoms in total. The van der Waals surface area contributed by atoms with Crippen molar-refractivity contribution in [3.63, 3.8) is 0 Å². The fourth-order valence-electron chi connectivity index (χ4n) is 2.06. The van der Waals surface area contributed by atoms with Gasteiger partial charge in [0.25, 0.3) is 0 Å². The third-order valence-electron chi connectivity index (χ3n) is 3.09. The molecular weight excluding hydrogens is 234 g/mol. The van der Waals surface area contributed by atoms with Crippen LogP contribution in [-0.4, -0.2) is 39.2 Å². The van der Waals surface area contributed by atoms with Gasteiger partial charge in [-0.25, -0.2) is 0 Å². The van der Waals surface area contributed by atoms with Gasteiger partial charge in [-0.1, -0.05) is 5.21 Å². The molecule has 2 rings (SSSR count). The first-order chi connectivity index (χ1) is 8.75. The molecule has 100 valence electrons. The molecule has 0 aromatic carbocycles. The molecule has 18 heavy (non-hydrogen) atoms. The van der Waals surface area contributed by atoms with Crippen LogP contribution in [0.4, 0.5) is 0 Å². The number of hydrogen-bond acceptors (Lipinski definition) is 5. The second kappa shape index (κ2) is 6.44. The van der Waals surface area contributed by atoms with Crippen LogP contribution in [0.15, 0.2) is 0 Å². The summed E-state index contributed by atoms with van der Waals surface area (Å²) in [6, 6.07) is -0.219. The second-order valence-corrected chi connectivity index (χ2v) is 4.59. The fraction of sp³-hybridized carbons (Fsp3) is 0.818. The average molecular weight is 253 g/mol. The summed E-state index contributed by atoms with van der Waals surface area (Å²) < 4.78 is 5.59. The van der Waals surface area contributed by atoms with Crippen LogP contribution in [0.2, 0.25) is 0 Å². The first-order valence-corrected chi connectivity index (χ1v) is 6.40. The summed E-state index contributed by atoms with van der Waals surface area (Å²) in [5.41, 5.74) is 0. The minimum Gasteiger partial charge on any atom is -0.378 e. The van der Waals surface area contributed by atoms with E-state index in [0.717, 1.165) is 25.9 Å². The lowest BCUT2D eigenvalue weighted by atomic mass is 10.0. The molecule has 1 aliphatic heterocycles. The van der Waals surface area contributed by atoms with Crippen molar-refractivity contribution in [2.45, 2.75) is 51.2 Å². The van der Waals surface area contributed by atoms with Gasteiger partial charge in [0.2, 0.25) is 5.91 Å². The summed E-state index contributed by atoms with van der Waals surface area (Å²) in [4.78, 5) is 11.7. The van der Waals surface area contributed by atoms with Crippen molar-refractivity contribution < 1.29 is 9.53 Å². The van der Waals surface area contributed by atoms with Gasteiger partial charge < -0.3 is 10.1 Å². The number of H-pyrrole nitrogens is 1. The van der Waals surface area contributed by atoms with Gasteiger partial charge in [0.1, 0.15) is 0 Å². The maximum absolute atomic E-state index is 11.7. The van der Waals surface area contributed by atoms with Crippen molar-refractivity contribution in [2.24, 2.45) is 0 Å². The standard InChI is InChI=1S/C11H19N5O2/c1-8(11-13-15-16-14-11)12-10(17)6-5-9-4-2-3-7-18-9/h8-9H,2-7H2,1H3,(H,12,17)(H,13,14,15,16). The summed E-state index contributed by atoms with van der Waals surface area (Å²) in [5.74, 6) is 0.499. The zero-order valence-electron chi connectivity index (χ0n) is 10.6. The molecule has 0 spiro atoms. The molecule has 1 aromatic heterocycles. The largest absolute Gasteiger partial charge is 0.378 e. The number of tetrazole rings is 1. The zero-order valence-corrected chi connectivity index (χ0v) is 10.6. The van der Waals surface area contributed by atoms with Crippen molar-refractivity contribution in [3.05, 3.63) is 5.82 Å².